The van der Waals surface area contributed by atoms with Crippen molar-refractivity contribution >= 4 is 64.1 Å². The van der Waals surface area contributed by atoms with Crippen LogP contribution < -0.4 is 55.2 Å². The first-order valence-corrected chi connectivity index (χ1v) is 18.0. The summed E-state index contributed by atoms with van der Waals surface area (Å²) in [5.41, 5.74) is 0. The fourth-order valence-corrected chi connectivity index (χ4v) is 15.9. The second-order valence-corrected chi connectivity index (χ2v) is 20.3. The highest BCUT2D eigenvalue weighted by Gasteiger charge is 2.48. The van der Waals surface area contributed by atoms with Crippen LogP contribution in [0.2, 0.25) is 0 Å². The van der Waals surface area contributed by atoms with E-state index in [1.807, 2.05) is 0 Å². The van der Waals surface area contributed by atoms with Gasteiger partial charge >= 0.3 is 0 Å². The van der Waals surface area contributed by atoms with E-state index in [1.54, 1.807) is 0 Å². The predicted molar refractivity (Wildman–Crippen MR) is 146 cm³/mol. The summed E-state index contributed by atoms with van der Waals surface area (Å²) >= 11 is 8.62. The molecule has 0 fully saturated rings. The van der Waals surface area contributed by atoms with Crippen LogP contribution in [0, 0.1) is 0 Å². The Hall–Kier alpha value is -0.340. The van der Waals surface area contributed by atoms with Gasteiger partial charge < -0.3 is 34.0 Å². The summed E-state index contributed by atoms with van der Waals surface area (Å²) in [5, 5.41) is 5.60. The summed E-state index contributed by atoms with van der Waals surface area (Å²) < 4.78 is 0. The molecule has 0 unspecified atom stereocenters. The summed E-state index contributed by atoms with van der Waals surface area (Å²) in [6.45, 7) is 0. The molecule has 0 amide bonds. The van der Waals surface area contributed by atoms with Gasteiger partial charge in [-0.05, 0) is 48.5 Å². The number of rotatable bonds is 7. The SMILES string of the molecule is Br[P+](CC[P+](Br)(c1ccccc1)c1ccccc1)(c1ccccc1)c1ccccc1.[Br-].[Br-]. The van der Waals surface area contributed by atoms with Gasteiger partial charge in [-0.3, -0.25) is 0 Å². The Morgan fingerprint density at radius 3 is 0.750 bits per heavy atom. The number of benzene rings is 4. The molecule has 4 rings (SSSR count). The van der Waals surface area contributed by atoms with Crippen LogP contribution >= 0.6 is 42.9 Å². The van der Waals surface area contributed by atoms with E-state index in [1.165, 1.54) is 21.2 Å². The van der Waals surface area contributed by atoms with Crippen LogP contribution in [0.5, 0.6) is 0 Å². The summed E-state index contributed by atoms with van der Waals surface area (Å²) in [7, 11) is 0. The normalized spacial score (nSPS) is 11.2. The topological polar surface area (TPSA) is 0 Å². The predicted octanol–water partition coefficient (Wildman–Crippen LogP) is 0.951. The molecule has 0 aliphatic carbocycles. The Balaban J connectivity index is 0.00000181. The molecule has 0 saturated carbocycles. The van der Waals surface area contributed by atoms with Gasteiger partial charge in [0.05, 0.1) is 0 Å². The molecule has 6 heteroatoms. The fourth-order valence-electron chi connectivity index (χ4n) is 3.75. The quantitative estimate of drug-likeness (QED) is 0.250. The van der Waals surface area contributed by atoms with Gasteiger partial charge in [0.15, 0.2) is 42.9 Å². The van der Waals surface area contributed by atoms with Crippen molar-refractivity contribution in [3.8, 4) is 0 Å². The third-order valence-corrected chi connectivity index (χ3v) is 18.9. The Morgan fingerprint density at radius 2 is 0.562 bits per heavy atom. The average molecular weight is 718 g/mol. The van der Waals surface area contributed by atoms with Crippen LogP contribution in [-0.4, -0.2) is 12.3 Å². The highest BCUT2D eigenvalue weighted by Crippen LogP contribution is 2.70. The highest BCUT2D eigenvalue weighted by atomic mass is 79.9. The second kappa shape index (κ2) is 12.9. The standard InChI is InChI=1S/C26H24Br2P2.2BrH/c27-29(23-13-5-1-6-14-23,24-15-7-2-8-16-24)21-22-30(28,25-17-9-3-10-18-25)26-19-11-4-12-20-26;;/h1-20H,21-22H2;2*1H/q+2;;/p-2. The van der Waals surface area contributed by atoms with Crippen molar-refractivity contribution in [2.75, 3.05) is 12.3 Å². The van der Waals surface area contributed by atoms with E-state index < -0.39 is 11.9 Å². The maximum atomic E-state index is 4.31. The van der Waals surface area contributed by atoms with E-state index >= 15 is 0 Å². The van der Waals surface area contributed by atoms with Gasteiger partial charge in [-0.2, -0.15) is 0 Å². The lowest BCUT2D eigenvalue weighted by molar-refractivity contribution is -0.001000. The minimum absolute atomic E-state index is 0. The molecule has 0 radical (unpaired) electrons. The third-order valence-electron chi connectivity index (χ3n) is 5.38. The molecule has 0 N–H and O–H groups in total. The van der Waals surface area contributed by atoms with Crippen LogP contribution in [-0.2, 0) is 0 Å². The van der Waals surface area contributed by atoms with Crippen molar-refractivity contribution in [2.45, 2.75) is 0 Å². The lowest BCUT2D eigenvalue weighted by Gasteiger charge is -2.24. The zero-order valence-corrected chi connectivity index (χ0v) is 25.5. The Bertz CT molecular complexity index is 894. The second-order valence-electron chi connectivity index (χ2n) is 7.22. The van der Waals surface area contributed by atoms with Gasteiger partial charge in [0.1, 0.15) is 33.5 Å². The van der Waals surface area contributed by atoms with E-state index in [0.29, 0.717) is 0 Å². The van der Waals surface area contributed by atoms with Gasteiger partial charge in [0.2, 0.25) is 0 Å². The van der Waals surface area contributed by atoms with E-state index in [0.717, 1.165) is 12.3 Å². The summed E-state index contributed by atoms with van der Waals surface area (Å²) in [4.78, 5) is 0. The molecule has 0 saturated heterocycles. The molecule has 0 spiro atoms. The van der Waals surface area contributed by atoms with Crippen LogP contribution in [0.3, 0.4) is 0 Å². The van der Waals surface area contributed by atoms with E-state index in [4.69, 9.17) is 0 Å². The third kappa shape index (κ3) is 6.21. The molecule has 4 aromatic carbocycles. The van der Waals surface area contributed by atoms with Crippen molar-refractivity contribution in [1.29, 1.82) is 0 Å². The summed E-state index contributed by atoms with van der Waals surface area (Å²) in [6, 6.07) is 43.8. The first-order chi connectivity index (χ1) is 14.6. The molecular formula is C26H24Br4P2. The molecule has 32 heavy (non-hydrogen) atoms. The summed E-state index contributed by atoms with van der Waals surface area (Å²) in [6.07, 6.45) is 2.17. The van der Waals surface area contributed by atoms with Crippen molar-refractivity contribution in [1.82, 2.24) is 0 Å². The summed E-state index contributed by atoms with van der Waals surface area (Å²) in [5.74, 6) is -3.40. The zero-order valence-electron chi connectivity index (χ0n) is 17.4. The maximum Gasteiger partial charge on any atom is 0.152 e. The largest absolute Gasteiger partial charge is 1.00 e. The molecule has 0 atom stereocenters. The smallest absolute Gasteiger partial charge is 0.152 e. The van der Waals surface area contributed by atoms with Crippen molar-refractivity contribution in [2.24, 2.45) is 0 Å². The lowest BCUT2D eigenvalue weighted by Crippen LogP contribution is -3.00. The average Bonchev–Trinajstić information content (AvgIpc) is 2.84. The zero-order chi connectivity index (χ0) is 20.9. The number of hydrogen-bond acceptors (Lipinski definition) is 0. The van der Waals surface area contributed by atoms with Crippen molar-refractivity contribution < 1.29 is 34.0 Å². The Labute approximate surface area is 229 Å². The Morgan fingerprint density at radius 1 is 0.375 bits per heavy atom. The molecule has 0 heterocycles. The molecular weight excluding hydrogens is 694 g/mol. The molecule has 0 aromatic heterocycles. The Kier molecular flexibility index (Phi) is 11.3. The maximum absolute atomic E-state index is 4.31. The number of halogens is 4. The monoisotopic (exact) mass is 714 g/mol. The van der Waals surface area contributed by atoms with Gasteiger partial charge in [-0.25, -0.2) is 0 Å². The van der Waals surface area contributed by atoms with Crippen molar-refractivity contribution in [3.63, 3.8) is 0 Å². The van der Waals surface area contributed by atoms with Gasteiger partial charge in [0, 0.05) is 0 Å². The first kappa shape index (κ1) is 27.9. The van der Waals surface area contributed by atoms with E-state index in [2.05, 4.69) is 152 Å². The van der Waals surface area contributed by atoms with Crippen LogP contribution in [0.4, 0.5) is 0 Å². The van der Waals surface area contributed by atoms with Crippen LogP contribution in [0.1, 0.15) is 0 Å². The molecule has 166 valence electrons. The molecule has 0 aliphatic rings. The fraction of sp³-hybridized carbons (Fsp3) is 0.0769. The number of hydrogen-bond donors (Lipinski definition) is 0. The van der Waals surface area contributed by atoms with E-state index in [9.17, 15) is 0 Å². The molecule has 0 aliphatic heterocycles. The molecule has 0 nitrogen and oxygen atoms in total. The van der Waals surface area contributed by atoms with Gasteiger partial charge in [-0.15, -0.1) is 0 Å². The minimum Gasteiger partial charge on any atom is -1.00 e. The molecule has 0 bridgehead atoms. The van der Waals surface area contributed by atoms with Gasteiger partial charge in [-0.1, -0.05) is 72.8 Å². The van der Waals surface area contributed by atoms with Crippen LogP contribution in [0.15, 0.2) is 121 Å². The lowest BCUT2D eigenvalue weighted by atomic mass is 10.4. The van der Waals surface area contributed by atoms with Crippen LogP contribution in [0.25, 0.3) is 0 Å². The molecule has 4 aromatic rings. The van der Waals surface area contributed by atoms with Gasteiger partial charge in [0.25, 0.3) is 0 Å². The minimum atomic E-state index is -1.70. The van der Waals surface area contributed by atoms with Crippen molar-refractivity contribution in [3.05, 3.63) is 121 Å². The van der Waals surface area contributed by atoms with E-state index in [-0.39, 0.29) is 34.0 Å². The first-order valence-electron chi connectivity index (χ1n) is 10.0. The highest BCUT2D eigenvalue weighted by molar-refractivity contribution is 9.44.